The number of nitrogens with one attached hydrogen (secondary N) is 2. The van der Waals surface area contributed by atoms with Gasteiger partial charge in [-0.3, -0.25) is 52.9 Å². The normalized spacial score (nSPS) is 20.3. The molecule has 4 aliphatic rings. The van der Waals surface area contributed by atoms with Gasteiger partial charge < -0.3 is 14.8 Å². The third kappa shape index (κ3) is 9.08. The van der Waals surface area contributed by atoms with Crippen LogP contribution in [0.4, 0.5) is 14.5 Å². The minimum atomic E-state index is -0.879. The number of benzene rings is 2. The molecular formula is C54H63F2N11O5. The molecule has 3 amide bonds. The van der Waals surface area contributed by atoms with Crippen LogP contribution in [0.2, 0.25) is 0 Å². The highest BCUT2D eigenvalue weighted by molar-refractivity contribution is 6.00. The molecule has 2 N–H and O–H groups in total. The molecule has 2 aromatic carbocycles. The van der Waals surface area contributed by atoms with Crippen LogP contribution >= 0.6 is 0 Å². The van der Waals surface area contributed by atoms with Crippen molar-refractivity contribution in [2.45, 2.75) is 77.5 Å². The van der Waals surface area contributed by atoms with Gasteiger partial charge in [-0.2, -0.15) is 0 Å². The van der Waals surface area contributed by atoms with Crippen molar-refractivity contribution in [2.75, 3.05) is 64.7 Å². The van der Waals surface area contributed by atoms with Crippen molar-refractivity contribution in [1.29, 1.82) is 0 Å². The van der Waals surface area contributed by atoms with Crippen molar-refractivity contribution < 1.29 is 23.2 Å². The van der Waals surface area contributed by atoms with Crippen LogP contribution in [0.25, 0.3) is 33.3 Å². The van der Waals surface area contributed by atoms with Gasteiger partial charge in [0.15, 0.2) is 0 Å². The lowest BCUT2D eigenvalue weighted by Gasteiger charge is -2.42. The zero-order valence-electron chi connectivity index (χ0n) is 41.9. The Balaban J connectivity index is 0.724. The molecule has 0 bridgehead atoms. The Morgan fingerprint density at radius 3 is 2.39 bits per heavy atom. The molecule has 378 valence electrons. The molecule has 3 fully saturated rings. The summed E-state index contributed by atoms with van der Waals surface area (Å²) in [5.41, 5.74) is 6.77. The van der Waals surface area contributed by atoms with Gasteiger partial charge in [0.2, 0.25) is 11.8 Å². The van der Waals surface area contributed by atoms with Crippen LogP contribution < -0.4 is 21.9 Å². The first-order valence-corrected chi connectivity index (χ1v) is 25.2. The largest absolute Gasteiger partial charge is 0.388 e. The van der Waals surface area contributed by atoms with E-state index in [9.17, 15) is 24.0 Å². The van der Waals surface area contributed by atoms with Gasteiger partial charge in [-0.05, 0) is 99.9 Å². The number of fused-ring (bicyclic) bond motifs is 2. The number of hydrogen-bond acceptors (Lipinski definition) is 10. The number of hydrogen-bond donors (Lipinski definition) is 2. The Morgan fingerprint density at radius 1 is 0.903 bits per heavy atom. The topological polar surface area (TPSA) is 155 Å². The lowest BCUT2D eigenvalue weighted by molar-refractivity contribution is -0.135. The average molecular weight is 984 g/mol. The van der Waals surface area contributed by atoms with E-state index in [1.807, 2.05) is 37.1 Å². The third-order valence-corrected chi connectivity index (χ3v) is 15.9. The van der Waals surface area contributed by atoms with Crippen LogP contribution in [-0.2, 0) is 30.2 Å². The zero-order chi connectivity index (χ0) is 50.7. The molecule has 3 atom stereocenters. The predicted molar refractivity (Wildman–Crippen MR) is 273 cm³/mol. The van der Waals surface area contributed by atoms with Crippen molar-refractivity contribution in [1.82, 2.24) is 48.2 Å². The molecule has 72 heavy (non-hydrogen) atoms. The number of pyridine rings is 2. The van der Waals surface area contributed by atoms with E-state index in [2.05, 4.69) is 60.9 Å². The molecule has 0 radical (unpaired) electrons. The predicted octanol–water partition coefficient (Wildman–Crippen LogP) is 5.89. The van der Waals surface area contributed by atoms with Crippen molar-refractivity contribution in [3.63, 3.8) is 0 Å². The number of amides is 3. The molecule has 4 aliphatic heterocycles. The lowest BCUT2D eigenvalue weighted by Crippen LogP contribution is -2.53. The van der Waals surface area contributed by atoms with Crippen LogP contribution in [0.5, 0.6) is 0 Å². The number of carbonyl (C=O) groups is 3. The Bertz CT molecular complexity index is 3270. The monoisotopic (exact) mass is 983 g/mol. The molecule has 0 saturated carbocycles. The van der Waals surface area contributed by atoms with Crippen LogP contribution in [0, 0.1) is 24.5 Å². The summed E-state index contributed by atoms with van der Waals surface area (Å²) in [5, 5.41) is 6.20. The quantitative estimate of drug-likeness (QED) is 0.150. The minimum absolute atomic E-state index is 0.0181. The Morgan fingerprint density at radius 2 is 1.69 bits per heavy atom. The van der Waals surface area contributed by atoms with Crippen molar-refractivity contribution >= 4 is 51.0 Å². The second kappa shape index (κ2) is 19.7. The molecule has 18 heteroatoms. The fraction of sp³-hybridized carbons (Fsp3) is 0.444. The number of nitrogens with zero attached hydrogens (tertiary/aromatic N) is 9. The summed E-state index contributed by atoms with van der Waals surface area (Å²) >= 11 is 0. The summed E-state index contributed by atoms with van der Waals surface area (Å²) in [5.74, 6) is -1.50. The summed E-state index contributed by atoms with van der Waals surface area (Å²) in [6, 6.07) is 13.1. The standard InChI is InChI=1S/C54H63F2N11O5/c1-32-23-37(24-42(56)50(32)36-12-18-63(19-13-36)34(3)45-27-40-43(9-15-58-51(40)60(45)5)66-20-14-39(57-4)26-49(66)69)53(71)64-16-10-35(11-17-64)30-65-22-21-62(29-33(65)2)31-38-25-46-47(28-41(38)55)67(54(72)61(46)6)44-7-8-48(68)59-52(44)70/h9,12,14-15,20,23-28,33-35,44,57H,7-8,10-11,13,16-19,21-22,29-31H2,1-6H3,(H,59,68,70)/t33-,34-,44-/m0/s1. The number of aryl methyl sites for hydroxylation is 3. The summed E-state index contributed by atoms with van der Waals surface area (Å²) in [6.07, 6.45) is 8.25. The molecule has 0 unspecified atom stereocenters. The summed E-state index contributed by atoms with van der Waals surface area (Å²) in [7, 11) is 5.39. The maximum atomic E-state index is 16.1. The highest BCUT2D eigenvalue weighted by atomic mass is 19.1. The van der Waals surface area contributed by atoms with E-state index in [1.165, 1.54) is 21.3 Å². The van der Waals surface area contributed by atoms with Crippen molar-refractivity contribution in [2.24, 2.45) is 20.0 Å². The van der Waals surface area contributed by atoms with E-state index in [4.69, 9.17) is 0 Å². The molecule has 0 aliphatic carbocycles. The van der Waals surface area contributed by atoms with Crippen molar-refractivity contribution in [3.05, 3.63) is 127 Å². The summed E-state index contributed by atoms with van der Waals surface area (Å²) in [4.78, 5) is 78.1. The van der Waals surface area contributed by atoms with Gasteiger partial charge in [0, 0.05) is 157 Å². The number of piperidine rings is 2. The number of piperazine rings is 1. The Labute approximate surface area is 416 Å². The van der Waals surface area contributed by atoms with E-state index in [0.717, 1.165) is 84.8 Å². The summed E-state index contributed by atoms with van der Waals surface area (Å²) in [6.45, 7) is 12.4. The van der Waals surface area contributed by atoms with E-state index in [-0.39, 0.29) is 48.1 Å². The maximum absolute atomic E-state index is 16.1. The fourth-order valence-electron chi connectivity index (χ4n) is 11.7. The number of imidazole rings is 1. The minimum Gasteiger partial charge on any atom is -0.388 e. The van der Waals surface area contributed by atoms with E-state index in [0.29, 0.717) is 66.2 Å². The van der Waals surface area contributed by atoms with Gasteiger partial charge in [0.1, 0.15) is 23.3 Å². The lowest BCUT2D eigenvalue weighted by atomic mass is 9.92. The number of likely N-dealkylation sites (tertiary alicyclic amines) is 1. The number of rotatable bonds is 11. The van der Waals surface area contributed by atoms with Gasteiger partial charge in [0.25, 0.3) is 11.5 Å². The van der Waals surface area contributed by atoms with Crippen molar-refractivity contribution in [3.8, 4) is 5.69 Å². The number of imide groups is 1. The molecule has 16 nitrogen and oxygen atoms in total. The van der Waals surface area contributed by atoms with Gasteiger partial charge in [-0.15, -0.1) is 0 Å². The van der Waals surface area contributed by atoms with Gasteiger partial charge >= 0.3 is 5.69 Å². The van der Waals surface area contributed by atoms with E-state index >= 15 is 8.78 Å². The zero-order valence-corrected chi connectivity index (χ0v) is 41.9. The highest BCUT2D eigenvalue weighted by Crippen LogP contribution is 2.35. The first-order valence-electron chi connectivity index (χ1n) is 25.2. The molecular weight excluding hydrogens is 921 g/mol. The second-order valence-corrected chi connectivity index (χ2v) is 20.3. The SMILES string of the molecule is CNc1ccn(-c2ccnc3c2cc([C@H](C)N2CC=C(c4c(C)cc(C(=O)N5CCC(CN6CCN(Cc7cc8c(cc7F)n([C@H]7CCC(=O)NC7=O)c(=O)n8C)C[C@@H]6C)CC5)cc4F)CC2)n3C)c(=O)c1. The molecule has 0 spiro atoms. The van der Waals surface area contributed by atoms with Crippen LogP contribution in [-0.4, -0.2) is 126 Å². The van der Waals surface area contributed by atoms with Gasteiger partial charge in [0.05, 0.1) is 16.7 Å². The summed E-state index contributed by atoms with van der Waals surface area (Å²) < 4.78 is 38.3. The highest BCUT2D eigenvalue weighted by Gasteiger charge is 2.34. The molecule has 3 saturated heterocycles. The third-order valence-electron chi connectivity index (χ3n) is 15.9. The molecule has 4 aromatic heterocycles. The van der Waals surface area contributed by atoms with E-state index < -0.39 is 23.5 Å². The molecule has 6 aromatic rings. The first kappa shape index (κ1) is 48.8. The number of aromatic nitrogens is 5. The number of halogens is 2. The van der Waals surface area contributed by atoms with Crippen LogP contribution in [0.3, 0.4) is 0 Å². The van der Waals surface area contributed by atoms with Gasteiger partial charge in [-0.1, -0.05) is 6.08 Å². The first-order chi connectivity index (χ1) is 34.6. The Hall–Kier alpha value is -6.76. The molecule has 8 heterocycles. The molecule has 10 rings (SSSR count). The van der Waals surface area contributed by atoms with Crippen LogP contribution in [0.1, 0.15) is 90.8 Å². The number of carbonyl (C=O) groups excluding carboxylic acids is 3. The fourth-order valence-corrected chi connectivity index (χ4v) is 11.7. The van der Waals surface area contributed by atoms with Gasteiger partial charge in [-0.25, -0.2) is 18.6 Å². The average Bonchev–Trinajstić information content (AvgIpc) is 3.82. The van der Waals surface area contributed by atoms with E-state index in [1.54, 1.807) is 43.2 Å². The smallest absolute Gasteiger partial charge is 0.329 e. The van der Waals surface area contributed by atoms with Crippen LogP contribution in [0.15, 0.2) is 76.6 Å². The number of anilines is 1. The second-order valence-electron chi connectivity index (χ2n) is 20.3. The maximum Gasteiger partial charge on any atom is 0.329 e. The Kier molecular flexibility index (Phi) is 13.4.